The molecule has 17 heavy (non-hydrogen) atoms. The minimum atomic E-state index is 0.678. The molecule has 0 aromatic heterocycles. The zero-order chi connectivity index (χ0) is 12.1. The highest BCUT2D eigenvalue weighted by atomic mass is 16.5. The van der Waals surface area contributed by atoms with Crippen LogP contribution in [-0.4, -0.2) is 38.3 Å². The van der Waals surface area contributed by atoms with E-state index in [4.69, 9.17) is 10.5 Å². The smallest absolute Gasteiger partial charge is 0.0589 e. The molecular weight excluding hydrogens is 212 g/mol. The summed E-state index contributed by atoms with van der Waals surface area (Å²) in [6.07, 6.45) is 2.46. The number of hydrogen-bond acceptors (Lipinski definition) is 3. The normalized spacial score (nSPS) is 18.4. The minimum Gasteiger partial charge on any atom is -0.399 e. The Labute approximate surface area is 104 Å². The summed E-state index contributed by atoms with van der Waals surface area (Å²) >= 11 is 0. The number of methoxy groups -OCH3 is 1. The van der Waals surface area contributed by atoms with E-state index in [1.54, 1.807) is 7.11 Å². The largest absolute Gasteiger partial charge is 0.399 e. The number of nitrogen functional groups attached to an aromatic ring is 1. The Balaban J connectivity index is 1.86. The van der Waals surface area contributed by atoms with Crippen LogP contribution in [-0.2, 0) is 4.74 Å². The van der Waals surface area contributed by atoms with Gasteiger partial charge in [0, 0.05) is 19.3 Å². The molecule has 1 fully saturated rings. The lowest BCUT2D eigenvalue weighted by atomic mass is 9.89. The number of benzene rings is 1. The van der Waals surface area contributed by atoms with Crippen LogP contribution in [0.25, 0.3) is 0 Å². The Morgan fingerprint density at radius 1 is 1.35 bits per heavy atom. The van der Waals surface area contributed by atoms with Gasteiger partial charge in [-0.25, -0.2) is 0 Å². The lowest BCUT2D eigenvalue weighted by molar-refractivity contribution is 0.130. The highest BCUT2D eigenvalue weighted by molar-refractivity contribution is 5.41. The third-order valence-corrected chi connectivity index (χ3v) is 3.58. The first-order chi connectivity index (χ1) is 8.29. The van der Waals surface area contributed by atoms with E-state index in [0.29, 0.717) is 5.92 Å². The van der Waals surface area contributed by atoms with Crippen molar-refractivity contribution in [3.05, 3.63) is 29.8 Å². The SMILES string of the molecule is COCCN1CCC(c2cccc(N)c2)CC1. The molecule has 1 aromatic rings. The average molecular weight is 234 g/mol. The van der Waals surface area contributed by atoms with Crippen LogP contribution in [0.3, 0.4) is 0 Å². The maximum atomic E-state index is 5.83. The standard InChI is InChI=1S/C14H22N2O/c1-17-10-9-16-7-5-12(6-8-16)13-3-2-4-14(15)11-13/h2-4,11-12H,5-10,15H2,1H3. The lowest BCUT2D eigenvalue weighted by Gasteiger charge is -2.32. The summed E-state index contributed by atoms with van der Waals surface area (Å²) in [7, 11) is 1.76. The summed E-state index contributed by atoms with van der Waals surface area (Å²) < 4.78 is 5.11. The molecule has 0 amide bonds. The highest BCUT2D eigenvalue weighted by Gasteiger charge is 2.20. The second kappa shape index (κ2) is 6.03. The summed E-state index contributed by atoms with van der Waals surface area (Å²) in [6.45, 7) is 4.23. The van der Waals surface area contributed by atoms with Crippen molar-refractivity contribution in [2.45, 2.75) is 18.8 Å². The topological polar surface area (TPSA) is 38.5 Å². The van der Waals surface area contributed by atoms with Gasteiger partial charge in [-0.2, -0.15) is 0 Å². The van der Waals surface area contributed by atoms with Crippen LogP contribution in [0.15, 0.2) is 24.3 Å². The molecule has 0 spiro atoms. The summed E-state index contributed by atoms with van der Waals surface area (Å²) in [5, 5.41) is 0. The Bertz CT molecular complexity index is 346. The molecule has 2 N–H and O–H groups in total. The van der Waals surface area contributed by atoms with Gasteiger partial charge in [-0.15, -0.1) is 0 Å². The van der Waals surface area contributed by atoms with Gasteiger partial charge in [-0.05, 0) is 49.5 Å². The number of likely N-dealkylation sites (tertiary alicyclic amines) is 1. The molecule has 0 saturated carbocycles. The molecule has 0 radical (unpaired) electrons. The molecule has 1 saturated heterocycles. The summed E-state index contributed by atoms with van der Waals surface area (Å²) in [5.41, 5.74) is 8.11. The number of nitrogens with zero attached hydrogens (tertiary/aromatic N) is 1. The molecule has 1 aliphatic heterocycles. The third kappa shape index (κ3) is 3.45. The number of nitrogens with two attached hydrogens (primary N) is 1. The van der Waals surface area contributed by atoms with Crippen LogP contribution >= 0.6 is 0 Å². The molecule has 1 heterocycles. The van der Waals surface area contributed by atoms with E-state index in [-0.39, 0.29) is 0 Å². The fourth-order valence-electron chi connectivity index (χ4n) is 2.52. The van der Waals surface area contributed by atoms with E-state index in [9.17, 15) is 0 Å². The van der Waals surface area contributed by atoms with Crippen molar-refractivity contribution in [1.82, 2.24) is 4.90 Å². The van der Waals surface area contributed by atoms with Gasteiger partial charge in [0.25, 0.3) is 0 Å². The highest BCUT2D eigenvalue weighted by Crippen LogP contribution is 2.28. The molecule has 3 heteroatoms. The minimum absolute atomic E-state index is 0.678. The van der Waals surface area contributed by atoms with E-state index in [2.05, 4.69) is 23.1 Å². The number of anilines is 1. The van der Waals surface area contributed by atoms with Gasteiger partial charge in [0.15, 0.2) is 0 Å². The van der Waals surface area contributed by atoms with E-state index >= 15 is 0 Å². The second-order valence-corrected chi connectivity index (χ2v) is 4.78. The summed E-state index contributed by atoms with van der Waals surface area (Å²) in [4.78, 5) is 2.48. The van der Waals surface area contributed by atoms with Crippen molar-refractivity contribution >= 4 is 5.69 Å². The molecule has 94 valence electrons. The third-order valence-electron chi connectivity index (χ3n) is 3.58. The first-order valence-electron chi connectivity index (χ1n) is 6.36. The zero-order valence-corrected chi connectivity index (χ0v) is 10.6. The predicted octanol–water partition coefficient (Wildman–Crippen LogP) is 2.09. The Morgan fingerprint density at radius 2 is 2.12 bits per heavy atom. The van der Waals surface area contributed by atoms with Crippen LogP contribution < -0.4 is 5.73 Å². The molecule has 0 atom stereocenters. The molecular formula is C14H22N2O. The molecule has 0 unspecified atom stereocenters. The van der Waals surface area contributed by atoms with Gasteiger partial charge in [-0.1, -0.05) is 12.1 Å². The molecule has 2 rings (SSSR count). The Morgan fingerprint density at radius 3 is 2.76 bits per heavy atom. The van der Waals surface area contributed by atoms with Crippen molar-refractivity contribution in [1.29, 1.82) is 0 Å². The Hall–Kier alpha value is -1.06. The van der Waals surface area contributed by atoms with Gasteiger partial charge in [0.05, 0.1) is 6.61 Å². The van der Waals surface area contributed by atoms with E-state index < -0.39 is 0 Å². The van der Waals surface area contributed by atoms with Gasteiger partial charge in [0.1, 0.15) is 0 Å². The molecule has 3 nitrogen and oxygen atoms in total. The first-order valence-corrected chi connectivity index (χ1v) is 6.36. The van der Waals surface area contributed by atoms with Gasteiger partial charge < -0.3 is 15.4 Å². The average Bonchev–Trinajstić information content (AvgIpc) is 2.37. The fourth-order valence-corrected chi connectivity index (χ4v) is 2.52. The second-order valence-electron chi connectivity index (χ2n) is 4.78. The number of hydrogen-bond donors (Lipinski definition) is 1. The van der Waals surface area contributed by atoms with E-state index in [1.165, 1.54) is 31.5 Å². The van der Waals surface area contributed by atoms with E-state index in [1.807, 2.05) is 6.07 Å². The van der Waals surface area contributed by atoms with Gasteiger partial charge >= 0.3 is 0 Å². The first kappa shape index (κ1) is 12.4. The predicted molar refractivity (Wildman–Crippen MR) is 71.1 cm³/mol. The number of rotatable bonds is 4. The lowest BCUT2D eigenvalue weighted by Crippen LogP contribution is -2.35. The quantitative estimate of drug-likeness (QED) is 0.811. The zero-order valence-electron chi connectivity index (χ0n) is 10.6. The fraction of sp³-hybridized carbons (Fsp3) is 0.571. The van der Waals surface area contributed by atoms with Crippen LogP contribution in [0.1, 0.15) is 24.3 Å². The van der Waals surface area contributed by atoms with E-state index in [0.717, 1.165) is 18.8 Å². The molecule has 0 bridgehead atoms. The van der Waals surface area contributed by atoms with Crippen LogP contribution in [0.2, 0.25) is 0 Å². The van der Waals surface area contributed by atoms with Gasteiger partial charge in [-0.3, -0.25) is 0 Å². The van der Waals surface area contributed by atoms with Crippen molar-refractivity contribution < 1.29 is 4.74 Å². The Kier molecular flexibility index (Phi) is 4.40. The van der Waals surface area contributed by atoms with Crippen molar-refractivity contribution in [3.63, 3.8) is 0 Å². The maximum Gasteiger partial charge on any atom is 0.0589 e. The molecule has 0 aliphatic carbocycles. The monoisotopic (exact) mass is 234 g/mol. The maximum absolute atomic E-state index is 5.83. The van der Waals surface area contributed by atoms with Gasteiger partial charge in [0.2, 0.25) is 0 Å². The van der Waals surface area contributed by atoms with Crippen molar-refractivity contribution in [2.24, 2.45) is 0 Å². The van der Waals surface area contributed by atoms with Crippen molar-refractivity contribution in [2.75, 3.05) is 39.1 Å². The number of ether oxygens (including phenoxy) is 1. The van der Waals surface area contributed by atoms with Crippen LogP contribution in [0.4, 0.5) is 5.69 Å². The summed E-state index contributed by atoms with van der Waals surface area (Å²) in [6, 6.07) is 8.33. The van der Waals surface area contributed by atoms with Crippen LogP contribution in [0, 0.1) is 0 Å². The van der Waals surface area contributed by atoms with Crippen molar-refractivity contribution in [3.8, 4) is 0 Å². The van der Waals surface area contributed by atoms with Crippen LogP contribution in [0.5, 0.6) is 0 Å². The number of piperidine rings is 1. The molecule has 1 aromatic carbocycles. The molecule has 1 aliphatic rings. The summed E-state index contributed by atoms with van der Waals surface area (Å²) in [5.74, 6) is 0.678.